The number of carbonyl (C=O) groups is 1. The quantitative estimate of drug-likeness (QED) is 0.928. The molecule has 110 valence electrons. The van der Waals surface area contributed by atoms with E-state index in [0.29, 0.717) is 23.8 Å². The van der Waals surface area contributed by atoms with Crippen LogP contribution in [0.2, 0.25) is 5.02 Å². The lowest BCUT2D eigenvalue weighted by Gasteiger charge is -2.36. The minimum atomic E-state index is 0.122. The summed E-state index contributed by atoms with van der Waals surface area (Å²) in [6, 6.07) is 7.71. The molecule has 2 N–H and O–H groups in total. The number of carbonyl (C=O) groups excluding carboxylic acids is 1. The number of hydrogen-bond donors (Lipinski definition) is 1. The summed E-state index contributed by atoms with van der Waals surface area (Å²) in [6.07, 6.45) is 2.11. The third-order valence-electron chi connectivity index (χ3n) is 3.65. The maximum Gasteiger partial charge on any atom is 0.226 e. The summed E-state index contributed by atoms with van der Waals surface area (Å²) >= 11 is 5.99. The van der Waals surface area contributed by atoms with E-state index in [1.165, 1.54) is 0 Å². The van der Waals surface area contributed by atoms with Crippen molar-refractivity contribution >= 4 is 17.5 Å². The average Bonchev–Trinajstić information content (AvgIpc) is 2.40. The monoisotopic (exact) mass is 296 g/mol. The molecular weight excluding hydrogens is 276 g/mol. The number of nitrogens with two attached hydrogens (primary N) is 1. The minimum absolute atomic E-state index is 0.122. The van der Waals surface area contributed by atoms with Crippen LogP contribution in [-0.2, 0) is 4.79 Å². The minimum Gasteiger partial charge on any atom is -0.491 e. The normalized spacial score (nSPS) is 22.6. The van der Waals surface area contributed by atoms with E-state index in [0.717, 1.165) is 19.4 Å². The van der Waals surface area contributed by atoms with E-state index >= 15 is 0 Å². The van der Waals surface area contributed by atoms with Crippen LogP contribution in [0, 0.1) is 0 Å². The highest BCUT2D eigenvalue weighted by atomic mass is 35.5. The molecule has 1 aliphatic rings. The van der Waals surface area contributed by atoms with Gasteiger partial charge in [-0.15, -0.1) is 0 Å². The Hall–Kier alpha value is -1.26. The standard InChI is InChI=1S/C15H21ClN2O2/c1-11-10-12(17)6-8-18(11)15(19)7-9-20-14-5-3-2-4-13(14)16/h2-5,11-12H,6-10,17H2,1H3. The van der Waals surface area contributed by atoms with E-state index in [9.17, 15) is 4.79 Å². The van der Waals surface area contributed by atoms with Gasteiger partial charge < -0.3 is 15.4 Å². The van der Waals surface area contributed by atoms with Crippen LogP contribution in [-0.4, -0.2) is 36.0 Å². The van der Waals surface area contributed by atoms with E-state index in [1.807, 2.05) is 24.0 Å². The Morgan fingerprint density at radius 3 is 2.95 bits per heavy atom. The number of amides is 1. The van der Waals surface area contributed by atoms with Gasteiger partial charge >= 0.3 is 0 Å². The predicted octanol–water partition coefficient (Wildman–Crippen LogP) is 2.45. The summed E-state index contributed by atoms with van der Waals surface area (Å²) < 4.78 is 5.55. The molecule has 1 aliphatic heterocycles. The molecule has 1 heterocycles. The van der Waals surface area contributed by atoms with Gasteiger partial charge in [0, 0.05) is 18.6 Å². The molecule has 0 spiro atoms. The predicted molar refractivity (Wildman–Crippen MR) is 79.9 cm³/mol. The summed E-state index contributed by atoms with van der Waals surface area (Å²) in [5.74, 6) is 0.743. The molecule has 1 aromatic rings. The first-order valence-corrected chi connectivity index (χ1v) is 7.38. The molecule has 1 aromatic carbocycles. The van der Waals surface area contributed by atoms with Gasteiger partial charge in [0.2, 0.25) is 5.91 Å². The zero-order chi connectivity index (χ0) is 14.5. The van der Waals surface area contributed by atoms with Crippen molar-refractivity contribution < 1.29 is 9.53 Å². The van der Waals surface area contributed by atoms with Gasteiger partial charge in [0.25, 0.3) is 0 Å². The number of rotatable bonds is 4. The highest BCUT2D eigenvalue weighted by Crippen LogP contribution is 2.23. The van der Waals surface area contributed by atoms with E-state index < -0.39 is 0 Å². The number of likely N-dealkylation sites (tertiary alicyclic amines) is 1. The zero-order valence-electron chi connectivity index (χ0n) is 11.7. The second kappa shape index (κ2) is 6.95. The summed E-state index contributed by atoms with van der Waals surface area (Å²) in [5.41, 5.74) is 5.90. The molecule has 4 nitrogen and oxygen atoms in total. The Morgan fingerprint density at radius 2 is 2.25 bits per heavy atom. The van der Waals surface area contributed by atoms with Crippen LogP contribution in [0.4, 0.5) is 0 Å². The highest BCUT2D eigenvalue weighted by Gasteiger charge is 2.26. The number of benzene rings is 1. The Morgan fingerprint density at radius 1 is 1.50 bits per heavy atom. The topological polar surface area (TPSA) is 55.6 Å². The van der Waals surface area contributed by atoms with Crippen molar-refractivity contribution in [3.05, 3.63) is 29.3 Å². The molecule has 0 aromatic heterocycles. The van der Waals surface area contributed by atoms with Crippen LogP contribution in [0.25, 0.3) is 0 Å². The molecule has 2 unspecified atom stereocenters. The molecule has 0 aliphatic carbocycles. The Kier molecular flexibility index (Phi) is 5.26. The summed E-state index contributed by atoms with van der Waals surface area (Å²) in [5, 5.41) is 0.567. The number of ether oxygens (including phenoxy) is 1. The van der Waals surface area contributed by atoms with Crippen molar-refractivity contribution in [2.45, 2.75) is 38.3 Å². The van der Waals surface area contributed by atoms with Gasteiger partial charge in [-0.3, -0.25) is 4.79 Å². The fourth-order valence-electron chi connectivity index (χ4n) is 2.53. The fourth-order valence-corrected chi connectivity index (χ4v) is 2.72. The second-order valence-electron chi connectivity index (χ2n) is 5.25. The molecule has 5 heteroatoms. The van der Waals surface area contributed by atoms with Crippen LogP contribution in [0.5, 0.6) is 5.75 Å². The first kappa shape index (κ1) is 15.1. The first-order valence-electron chi connectivity index (χ1n) is 7.00. The lowest BCUT2D eigenvalue weighted by Crippen LogP contribution is -2.48. The Bertz CT molecular complexity index is 467. The average molecular weight is 297 g/mol. The second-order valence-corrected chi connectivity index (χ2v) is 5.66. The van der Waals surface area contributed by atoms with Gasteiger partial charge in [0.15, 0.2) is 0 Å². The summed E-state index contributed by atoms with van der Waals surface area (Å²) in [7, 11) is 0. The Labute approximate surface area is 124 Å². The molecule has 2 atom stereocenters. The van der Waals surface area contributed by atoms with Crippen LogP contribution < -0.4 is 10.5 Å². The lowest BCUT2D eigenvalue weighted by molar-refractivity contribution is -0.135. The van der Waals surface area contributed by atoms with E-state index in [2.05, 4.69) is 0 Å². The van der Waals surface area contributed by atoms with Crippen LogP contribution in [0.15, 0.2) is 24.3 Å². The molecule has 0 radical (unpaired) electrons. The van der Waals surface area contributed by atoms with Crippen molar-refractivity contribution in [2.75, 3.05) is 13.2 Å². The molecular formula is C15H21ClN2O2. The van der Waals surface area contributed by atoms with Crippen molar-refractivity contribution in [1.29, 1.82) is 0 Å². The van der Waals surface area contributed by atoms with E-state index in [-0.39, 0.29) is 18.0 Å². The first-order chi connectivity index (χ1) is 9.58. The van der Waals surface area contributed by atoms with E-state index in [1.54, 1.807) is 12.1 Å². The number of halogens is 1. The molecule has 2 rings (SSSR count). The smallest absolute Gasteiger partial charge is 0.226 e. The fraction of sp³-hybridized carbons (Fsp3) is 0.533. The highest BCUT2D eigenvalue weighted by molar-refractivity contribution is 6.32. The SMILES string of the molecule is CC1CC(N)CCN1C(=O)CCOc1ccccc1Cl. The lowest BCUT2D eigenvalue weighted by atomic mass is 9.99. The van der Waals surface area contributed by atoms with Gasteiger partial charge in [-0.1, -0.05) is 23.7 Å². The maximum absolute atomic E-state index is 12.2. The van der Waals surface area contributed by atoms with E-state index in [4.69, 9.17) is 22.1 Å². The van der Waals surface area contributed by atoms with Gasteiger partial charge in [0.1, 0.15) is 5.75 Å². The number of para-hydroxylation sites is 1. The molecule has 20 heavy (non-hydrogen) atoms. The molecule has 1 saturated heterocycles. The van der Waals surface area contributed by atoms with Crippen LogP contribution >= 0.6 is 11.6 Å². The zero-order valence-corrected chi connectivity index (χ0v) is 12.5. The summed E-state index contributed by atoms with van der Waals surface area (Å²) in [4.78, 5) is 14.1. The van der Waals surface area contributed by atoms with Crippen LogP contribution in [0.3, 0.4) is 0 Å². The molecule has 1 fully saturated rings. The molecule has 0 bridgehead atoms. The third kappa shape index (κ3) is 3.87. The Balaban J connectivity index is 1.79. The van der Waals surface area contributed by atoms with Gasteiger partial charge in [-0.25, -0.2) is 0 Å². The van der Waals surface area contributed by atoms with Gasteiger partial charge in [0.05, 0.1) is 18.1 Å². The number of hydrogen-bond acceptors (Lipinski definition) is 3. The third-order valence-corrected chi connectivity index (χ3v) is 3.96. The van der Waals surface area contributed by atoms with Crippen molar-refractivity contribution in [1.82, 2.24) is 4.90 Å². The van der Waals surface area contributed by atoms with Crippen molar-refractivity contribution in [2.24, 2.45) is 5.73 Å². The molecule has 1 amide bonds. The number of nitrogens with zero attached hydrogens (tertiary/aromatic N) is 1. The maximum atomic E-state index is 12.2. The van der Waals surface area contributed by atoms with Gasteiger partial charge in [-0.2, -0.15) is 0 Å². The van der Waals surface area contributed by atoms with Crippen molar-refractivity contribution in [3.8, 4) is 5.75 Å². The molecule has 0 saturated carbocycles. The van der Waals surface area contributed by atoms with Crippen molar-refractivity contribution in [3.63, 3.8) is 0 Å². The van der Waals surface area contributed by atoms with Crippen LogP contribution in [0.1, 0.15) is 26.2 Å². The number of piperidine rings is 1. The summed E-state index contributed by atoms with van der Waals surface area (Å²) in [6.45, 7) is 3.14. The van der Waals surface area contributed by atoms with Gasteiger partial charge in [-0.05, 0) is 31.9 Å². The largest absolute Gasteiger partial charge is 0.491 e.